The highest BCUT2D eigenvalue weighted by Gasteiger charge is 2.47. The molecule has 1 heteroatoms. The second kappa shape index (κ2) is 5.00. The Morgan fingerprint density at radius 2 is 2.17 bits per heavy atom. The van der Waals surface area contributed by atoms with Gasteiger partial charge in [-0.1, -0.05) is 33.1 Å². The predicted molar refractivity (Wildman–Crippen MR) is 80.3 cm³/mol. The van der Waals surface area contributed by atoms with Crippen molar-refractivity contribution in [3.8, 4) is 0 Å². The molecule has 3 rings (SSSR count). The summed E-state index contributed by atoms with van der Waals surface area (Å²) >= 11 is 2.07. The van der Waals surface area contributed by atoms with Crippen molar-refractivity contribution in [3.63, 3.8) is 0 Å². The van der Waals surface area contributed by atoms with E-state index < -0.39 is 0 Å². The van der Waals surface area contributed by atoms with Crippen molar-refractivity contribution in [1.29, 1.82) is 0 Å². The molecule has 1 fully saturated rings. The Labute approximate surface area is 116 Å². The van der Waals surface area contributed by atoms with Crippen molar-refractivity contribution < 1.29 is 0 Å². The van der Waals surface area contributed by atoms with Crippen LogP contribution in [0.4, 0.5) is 0 Å². The van der Waals surface area contributed by atoms with Crippen LogP contribution in [-0.4, -0.2) is 0 Å². The highest BCUT2D eigenvalue weighted by molar-refractivity contribution is 7.10. The summed E-state index contributed by atoms with van der Waals surface area (Å²) < 4.78 is 0. The number of rotatable bonds is 1. The monoisotopic (exact) mass is 262 g/mol. The lowest BCUT2D eigenvalue weighted by atomic mass is 9.57. The van der Waals surface area contributed by atoms with Gasteiger partial charge < -0.3 is 0 Å². The lowest BCUT2D eigenvalue weighted by Crippen LogP contribution is -2.43. The number of thiophene rings is 1. The molecule has 18 heavy (non-hydrogen) atoms. The zero-order valence-corrected chi connectivity index (χ0v) is 12.7. The van der Waals surface area contributed by atoms with Crippen LogP contribution >= 0.6 is 11.3 Å². The fraction of sp³-hybridized carbons (Fsp3) is 0.765. The quantitative estimate of drug-likeness (QED) is 0.621. The van der Waals surface area contributed by atoms with E-state index in [9.17, 15) is 0 Å². The molecule has 1 aromatic heterocycles. The van der Waals surface area contributed by atoms with Crippen LogP contribution in [0.3, 0.4) is 0 Å². The van der Waals surface area contributed by atoms with E-state index in [0.717, 1.165) is 11.8 Å². The maximum atomic E-state index is 2.54. The topological polar surface area (TPSA) is 0 Å². The van der Waals surface area contributed by atoms with Crippen molar-refractivity contribution in [2.45, 2.75) is 70.6 Å². The van der Waals surface area contributed by atoms with Crippen LogP contribution in [0.5, 0.6) is 0 Å². The zero-order chi connectivity index (χ0) is 12.6. The Hall–Kier alpha value is -0.300. The van der Waals surface area contributed by atoms with Crippen LogP contribution in [0.15, 0.2) is 11.4 Å². The number of hydrogen-bond donors (Lipinski definition) is 0. The van der Waals surface area contributed by atoms with Crippen LogP contribution in [0.2, 0.25) is 0 Å². The molecule has 0 amide bonds. The molecule has 0 radical (unpaired) electrons. The maximum absolute atomic E-state index is 2.54. The zero-order valence-electron chi connectivity index (χ0n) is 11.9. The summed E-state index contributed by atoms with van der Waals surface area (Å²) in [6, 6.07) is 2.42. The van der Waals surface area contributed by atoms with Crippen LogP contribution in [0.1, 0.15) is 69.2 Å². The van der Waals surface area contributed by atoms with Gasteiger partial charge in [-0.05, 0) is 60.9 Å². The Bertz CT molecular complexity index is 405. The minimum absolute atomic E-state index is 0.549. The van der Waals surface area contributed by atoms with E-state index in [1.165, 1.54) is 51.4 Å². The van der Waals surface area contributed by atoms with Crippen molar-refractivity contribution in [3.05, 3.63) is 21.9 Å². The molecule has 3 unspecified atom stereocenters. The second-order valence-corrected chi connectivity index (χ2v) is 7.38. The van der Waals surface area contributed by atoms with Gasteiger partial charge in [0.05, 0.1) is 0 Å². The number of hydrogen-bond acceptors (Lipinski definition) is 1. The average Bonchev–Trinajstić information content (AvgIpc) is 2.78. The molecule has 1 spiro atoms. The van der Waals surface area contributed by atoms with E-state index in [0.29, 0.717) is 5.41 Å². The molecule has 2 aliphatic rings. The lowest BCUT2D eigenvalue weighted by molar-refractivity contribution is 0.103. The molecule has 0 saturated heterocycles. The summed E-state index contributed by atoms with van der Waals surface area (Å²) in [5.41, 5.74) is 2.25. The maximum Gasteiger partial charge on any atom is 0.0144 e. The highest BCUT2D eigenvalue weighted by atomic mass is 32.1. The molecule has 0 N–H and O–H groups in total. The summed E-state index contributed by atoms with van der Waals surface area (Å²) in [4.78, 5) is 1.79. The Morgan fingerprint density at radius 3 is 3.00 bits per heavy atom. The van der Waals surface area contributed by atoms with Gasteiger partial charge in [0.1, 0.15) is 0 Å². The average molecular weight is 262 g/mol. The first-order valence-corrected chi connectivity index (χ1v) is 8.74. The lowest BCUT2D eigenvalue weighted by Gasteiger charge is -2.48. The van der Waals surface area contributed by atoms with Gasteiger partial charge >= 0.3 is 0 Å². The summed E-state index contributed by atoms with van der Waals surface area (Å²) in [5.74, 6) is 1.84. The van der Waals surface area contributed by atoms with Gasteiger partial charge in [-0.15, -0.1) is 11.3 Å². The largest absolute Gasteiger partial charge is 0.148 e. The standard InChI is InChI=1S/C17H26S/c1-3-15-9-6-7-13(2)17(15)11-5-4-8-14-10-12-18-16(14)17/h10,12-13,15H,3-9,11H2,1-2H3. The van der Waals surface area contributed by atoms with Crippen molar-refractivity contribution in [1.82, 2.24) is 0 Å². The summed E-state index contributed by atoms with van der Waals surface area (Å²) in [5, 5.41) is 2.35. The van der Waals surface area contributed by atoms with E-state index in [1.807, 2.05) is 0 Å². The molecule has 0 nitrogen and oxygen atoms in total. The second-order valence-electron chi connectivity index (χ2n) is 6.46. The third-order valence-corrected chi connectivity index (χ3v) is 6.90. The van der Waals surface area contributed by atoms with Crippen molar-refractivity contribution in [2.75, 3.05) is 0 Å². The molecule has 0 aromatic carbocycles. The SMILES string of the molecule is CCC1CCCC(C)C12CCCCc1ccsc12. The van der Waals surface area contributed by atoms with Gasteiger partial charge in [0.2, 0.25) is 0 Å². The van der Waals surface area contributed by atoms with Gasteiger partial charge in [0.25, 0.3) is 0 Å². The highest BCUT2D eigenvalue weighted by Crippen LogP contribution is 2.55. The van der Waals surface area contributed by atoms with Gasteiger partial charge in [-0.25, -0.2) is 0 Å². The molecule has 0 aliphatic heterocycles. The Balaban J connectivity index is 2.10. The van der Waals surface area contributed by atoms with Gasteiger partial charge in [-0.3, -0.25) is 0 Å². The first-order chi connectivity index (χ1) is 8.79. The van der Waals surface area contributed by atoms with Crippen LogP contribution in [0.25, 0.3) is 0 Å². The predicted octanol–water partition coefficient (Wildman–Crippen LogP) is 5.56. The summed E-state index contributed by atoms with van der Waals surface area (Å²) in [7, 11) is 0. The molecule has 3 atom stereocenters. The number of fused-ring (bicyclic) bond motifs is 2. The minimum Gasteiger partial charge on any atom is -0.148 e. The summed E-state index contributed by atoms with van der Waals surface area (Å²) in [6.07, 6.45) is 11.4. The molecule has 0 bridgehead atoms. The molecule has 1 saturated carbocycles. The van der Waals surface area contributed by atoms with E-state index in [2.05, 4.69) is 36.6 Å². The fourth-order valence-corrected chi connectivity index (χ4v) is 6.18. The molecule has 1 heterocycles. The minimum atomic E-state index is 0.549. The third kappa shape index (κ3) is 1.78. The molecular weight excluding hydrogens is 236 g/mol. The van der Waals surface area contributed by atoms with Crippen molar-refractivity contribution >= 4 is 11.3 Å². The van der Waals surface area contributed by atoms with Gasteiger partial charge in [0.15, 0.2) is 0 Å². The van der Waals surface area contributed by atoms with Gasteiger partial charge in [-0.2, -0.15) is 0 Å². The normalized spacial score (nSPS) is 36.3. The molecule has 100 valence electrons. The van der Waals surface area contributed by atoms with E-state index in [1.54, 1.807) is 10.4 Å². The van der Waals surface area contributed by atoms with Crippen LogP contribution in [0, 0.1) is 11.8 Å². The smallest absolute Gasteiger partial charge is 0.0144 e. The Kier molecular flexibility index (Phi) is 3.53. The molecule has 2 aliphatic carbocycles. The van der Waals surface area contributed by atoms with Gasteiger partial charge in [0, 0.05) is 10.3 Å². The first-order valence-electron chi connectivity index (χ1n) is 7.86. The van der Waals surface area contributed by atoms with Crippen LogP contribution < -0.4 is 0 Å². The van der Waals surface area contributed by atoms with Crippen LogP contribution in [-0.2, 0) is 11.8 Å². The van der Waals surface area contributed by atoms with E-state index in [4.69, 9.17) is 0 Å². The fourth-order valence-electron chi connectivity index (χ4n) is 4.80. The summed E-state index contributed by atoms with van der Waals surface area (Å²) in [6.45, 7) is 4.96. The molecule has 1 aromatic rings. The molecular formula is C17H26S. The van der Waals surface area contributed by atoms with E-state index >= 15 is 0 Å². The van der Waals surface area contributed by atoms with E-state index in [-0.39, 0.29) is 0 Å². The third-order valence-electron chi connectivity index (χ3n) is 5.75. The number of aryl methyl sites for hydroxylation is 1. The van der Waals surface area contributed by atoms with Crippen molar-refractivity contribution in [2.24, 2.45) is 11.8 Å². The Morgan fingerprint density at radius 1 is 1.28 bits per heavy atom. The first kappa shape index (κ1) is 12.7.